The minimum Gasteiger partial charge on any atom is -0.461 e. The van der Waals surface area contributed by atoms with E-state index in [9.17, 15) is 23.5 Å². The van der Waals surface area contributed by atoms with Gasteiger partial charge >= 0.3 is 0 Å². The summed E-state index contributed by atoms with van der Waals surface area (Å²) in [6, 6.07) is 9.57. The molecule has 0 radical (unpaired) electrons. The third-order valence-corrected chi connectivity index (χ3v) is 8.22. The molecule has 6 rings (SSSR count). The van der Waals surface area contributed by atoms with E-state index in [2.05, 4.69) is 10.2 Å². The van der Waals surface area contributed by atoms with E-state index >= 15 is 0 Å². The lowest BCUT2D eigenvalue weighted by atomic mass is 9.94. The van der Waals surface area contributed by atoms with E-state index < -0.39 is 42.4 Å². The molecule has 0 saturated carbocycles. The number of nitrogens with one attached hydrogen (secondary N) is 1. The molecule has 3 aliphatic rings. The number of aromatic nitrogens is 1. The number of carbonyl (C=O) groups is 1. The highest BCUT2D eigenvalue weighted by molar-refractivity contribution is 7.98. The summed E-state index contributed by atoms with van der Waals surface area (Å²) in [5, 5.41) is 9.52. The highest BCUT2D eigenvalue weighted by Crippen LogP contribution is 2.40. The molecule has 4 heterocycles. The number of methoxy groups -OCH3 is 1. The van der Waals surface area contributed by atoms with Crippen molar-refractivity contribution in [3.05, 3.63) is 80.6 Å². The van der Waals surface area contributed by atoms with Crippen molar-refractivity contribution in [2.45, 2.75) is 29.7 Å². The van der Waals surface area contributed by atoms with Crippen molar-refractivity contribution in [1.29, 1.82) is 0 Å². The van der Waals surface area contributed by atoms with Gasteiger partial charge in [0.05, 0.1) is 18.9 Å². The molecule has 1 unspecified atom stereocenters. The van der Waals surface area contributed by atoms with Gasteiger partial charge < -0.3 is 29.6 Å². The van der Waals surface area contributed by atoms with Gasteiger partial charge in [-0.3, -0.25) is 14.3 Å². The Kier molecular flexibility index (Phi) is 7.23. The van der Waals surface area contributed by atoms with Crippen molar-refractivity contribution >= 4 is 17.7 Å². The van der Waals surface area contributed by atoms with Gasteiger partial charge in [0.15, 0.2) is 24.1 Å². The standard InChI is InChI=1S/C27H25F2N3O7S/c1-36-27(35)39-13-38-25-20(33)10-19(32-24(25)26(34)31-7-8-37-11-22(31)30-32)15-3-2-4-21-16(15)9-14-5-6-18(28)23(29)17(14)12-40-21/h2-6,10,22,27,30,35H,7-9,11-13H2,1H3/t22-,27?/m0/s1. The second-order valence-corrected chi connectivity index (χ2v) is 10.4. The van der Waals surface area contributed by atoms with Crippen molar-refractivity contribution in [2.75, 3.05) is 39.1 Å². The van der Waals surface area contributed by atoms with Crippen LogP contribution in [0.25, 0.3) is 11.3 Å². The van der Waals surface area contributed by atoms with Gasteiger partial charge in [-0.2, -0.15) is 0 Å². The first-order chi connectivity index (χ1) is 19.4. The number of benzene rings is 2. The maximum atomic E-state index is 14.7. The lowest BCUT2D eigenvalue weighted by Crippen LogP contribution is -2.59. The van der Waals surface area contributed by atoms with Crippen LogP contribution in [0.1, 0.15) is 27.2 Å². The molecule has 2 N–H and O–H groups in total. The van der Waals surface area contributed by atoms with Crippen molar-refractivity contribution < 1.29 is 37.6 Å². The fraction of sp³-hybridized carbons (Fsp3) is 0.333. The number of aliphatic hydroxyl groups excluding tert-OH is 1. The molecule has 0 aliphatic carbocycles. The van der Waals surface area contributed by atoms with Gasteiger partial charge in [0.25, 0.3) is 12.4 Å². The predicted molar refractivity (Wildman–Crippen MR) is 139 cm³/mol. The molecule has 1 saturated heterocycles. The summed E-state index contributed by atoms with van der Waals surface area (Å²) in [7, 11) is 1.23. The van der Waals surface area contributed by atoms with Crippen LogP contribution in [0.5, 0.6) is 5.75 Å². The second-order valence-electron chi connectivity index (χ2n) is 9.34. The lowest BCUT2D eigenvalue weighted by molar-refractivity contribution is -0.270. The van der Waals surface area contributed by atoms with Crippen molar-refractivity contribution in [3.63, 3.8) is 0 Å². The maximum absolute atomic E-state index is 14.7. The quantitative estimate of drug-likeness (QED) is 0.430. The van der Waals surface area contributed by atoms with E-state index in [1.165, 1.54) is 29.6 Å². The number of nitrogens with zero attached hydrogens (tertiary/aromatic N) is 2. The number of carbonyl (C=O) groups excluding carboxylic acids is 1. The molecule has 1 amide bonds. The van der Waals surface area contributed by atoms with E-state index in [0.29, 0.717) is 42.0 Å². The van der Waals surface area contributed by atoms with Gasteiger partial charge in [0.1, 0.15) is 6.17 Å². The van der Waals surface area contributed by atoms with Crippen LogP contribution in [0.3, 0.4) is 0 Å². The Labute approximate surface area is 231 Å². The number of thioether (sulfide) groups is 1. The van der Waals surface area contributed by atoms with E-state index in [0.717, 1.165) is 16.5 Å². The number of amides is 1. The molecule has 2 aromatic carbocycles. The number of hydrogen-bond donors (Lipinski definition) is 2. The molecule has 1 fully saturated rings. The maximum Gasteiger partial charge on any atom is 0.278 e. The zero-order chi connectivity index (χ0) is 28.0. The van der Waals surface area contributed by atoms with Gasteiger partial charge in [-0.15, -0.1) is 11.8 Å². The van der Waals surface area contributed by atoms with Crippen LogP contribution < -0.4 is 15.6 Å². The molecule has 210 valence electrons. The van der Waals surface area contributed by atoms with E-state index in [1.807, 2.05) is 18.2 Å². The summed E-state index contributed by atoms with van der Waals surface area (Å²) in [6.45, 7) is -1.24. The van der Waals surface area contributed by atoms with Gasteiger partial charge in [-0.1, -0.05) is 18.2 Å². The zero-order valence-corrected chi connectivity index (χ0v) is 22.1. The predicted octanol–water partition coefficient (Wildman–Crippen LogP) is 2.62. The van der Waals surface area contributed by atoms with E-state index in [-0.39, 0.29) is 23.8 Å². The van der Waals surface area contributed by atoms with Crippen LogP contribution in [0, 0.1) is 11.6 Å². The molecule has 0 spiro atoms. The Morgan fingerprint density at radius 2 is 2.08 bits per heavy atom. The first kappa shape index (κ1) is 26.7. The fourth-order valence-electron chi connectivity index (χ4n) is 5.13. The monoisotopic (exact) mass is 573 g/mol. The SMILES string of the molecule is COC(O)OCOc1c2n(c(-c3cccc4c3Cc3ccc(F)c(F)c3CS4)cc1=O)N[C@@H]1COCCN1C2=O. The molecule has 0 bridgehead atoms. The molecule has 3 aromatic rings. The highest BCUT2D eigenvalue weighted by Gasteiger charge is 2.39. The van der Waals surface area contributed by atoms with Crippen LogP contribution in [0.4, 0.5) is 8.78 Å². The van der Waals surface area contributed by atoms with Crippen LogP contribution in [-0.4, -0.2) is 66.9 Å². The number of fused-ring (bicyclic) bond motifs is 4. The van der Waals surface area contributed by atoms with Gasteiger partial charge in [-0.25, -0.2) is 13.5 Å². The number of halogens is 2. The normalized spacial score (nSPS) is 18.6. The lowest BCUT2D eigenvalue weighted by Gasteiger charge is -2.42. The number of hydrogen-bond acceptors (Lipinski definition) is 9. The number of pyridine rings is 1. The van der Waals surface area contributed by atoms with Crippen LogP contribution in [-0.2, 0) is 26.4 Å². The molecule has 13 heteroatoms. The minimum atomic E-state index is -1.58. The second kappa shape index (κ2) is 10.8. The Morgan fingerprint density at radius 3 is 2.90 bits per heavy atom. The van der Waals surface area contributed by atoms with E-state index in [1.54, 1.807) is 11.0 Å². The molecule has 3 aliphatic heterocycles. The van der Waals surface area contributed by atoms with Crippen LogP contribution in [0.15, 0.2) is 46.1 Å². The molecule has 1 aromatic heterocycles. The molecular weight excluding hydrogens is 548 g/mol. The highest BCUT2D eigenvalue weighted by atomic mass is 32.2. The summed E-state index contributed by atoms with van der Waals surface area (Å²) < 4.78 is 50.9. The fourth-order valence-corrected chi connectivity index (χ4v) is 6.28. The average Bonchev–Trinajstić information content (AvgIpc) is 3.16. The molecule has 10 nitrogen and oxygen atoms in total. The van der Waals surface area contributed by atoms with Gasteiger partial charge in [0, 0.05) is 41.5 Å². The van der Waals surface area contributed by atoms with Crippen molar-refractivity contribution in [2.24, 2.45) is 0 Å². The number of aliphatic hydroxyl groups is 1. The molecule has 40 heavy (non-hydrogen) atoms. The number of rotatable bonds is 6. The van der Waals surface area contributed by atoms with E-state index in [4.69, 9.17) is 14.2 Å². The van der Waals surface area contributed by atoms with Gasteiger partial charge in [0.2, 0.25) is 11.2 Å². The topological polar surface area (TPSA) is 111 Å². The number of ether oxygens (including phenoxy) is 4. The van der Waals surface area contributed by atoms with Crippen LogP contribution in [0.2, 0.25) is 0 Å². The summed E-state index contributed by atoms with van der Waals surface area (Å²) in [6.07, 6.45) is -0.203. The average molecular weight is 574 g/mol. The smallest absolute Gasteiger partial charge is 0.278 e. The van der Waals surface area contributed by atoms with Gasteiger partial charge in [-0.05, 0) is 29.7 Å². The molecule has 2 atom stereocenters. The minimum absolute atomic E-state index is 0.0384. The Bertz CT molecular complexity index is 1550. The summed E-state index contributed by atoms with van der Waals surface area (Å²) in [4.78, 5) is 29.6. The van der Waals surface area contributed by atoms with Crippen LogP contribution >= 0.6 is 11.8 Å². The zero-order valence-electron chi connectivity index (χ0n) is 21.3. The third-order valence-electron chi connectivity index (χ3n) is 7.10. The summed E-state index contributed by atoms with van der Waals surface area (Å²) >= 11 is 1.38. The molecular formula is C27H25F2N3O7S. The first-order valence-electron chi connectivity index (χ1n) is 12.5. The Balaban J connectivity index is 1.49. The Morgan fingerprint density at radius 1 is 1.23 bits per heavy atom. The Hall–Kier alpha value is -3.49. The third kappa shape index (κ3) is 4.63. The number of morpholine rings is 1. The summed E-state index contributed by atoms with van der Waals surface area (Å²) in [5.74, 6) is -2.20. The largest absolute Gasteiger partial charge is 0.461 e. The van der Waals surface area contributed by atoms with Crippen molar-refractivity contribution in [1.82, 2.24) is 9.58 Å². The van der Waals surface area contributed by atoms with Crippen molar-refractivity contribution in [3.8, 4) is 17.0 Å². The first-order valence-corrected chi connectivity index (χ1v) is 13.5. The summed E-state index contributed by atoms with van der Waals surface area (Å²) in [5.41, 5.74) is 5.45.